The first-order chi connectivity index (χ1) is 4.77. The molecule has 0 bridgehead atoms. The van der Waals surface area contributed by atoms with Crippen molar-refractivity contribution < 1.29 is 4.79 Å². The SMILES string of the molecule is NNC(N)=O.c1cn[nH]c1. The number of H-pyrrole nitrogens is 1. The fourth-order valence-corrected chi connectivity index (χ4v) is 0.215. The molecule has 10 heavy (non-hydrogen) atoms. The smallest absolute Gasteiger partial charge is 0.326 e. The number of aromatic nitrogens is 2. The minimum absolute atomic E-state index is 0.718. The van der Waals surface area contributed by atoms with E-state index in [1.54, 1.807) is 17.8 Å². The number of nitrogens with one attached hydrogen (secondary N) is 2. The number of aromatic amines is 1. The largest absolute Gasteiger partial charge is 0.351 e. The van der Waals surface area contributed by atoms with E-state index in [1.165, 1.54) is 0 Å². The third kappa shape index (κ3) is 6.44. The van der Waals surface area contributed by atoms with Gasteiger partial charge in [-0.25, -0.2) is 10.6 Å². The molecule has 1 heterocycles. The lowest BCUT2D eigenvalue weighted by Crippen LogP contribution is -2.34. The molecule has 0 spiro atoms. The maximum Gasteiger partial charge on any atom is 0.326 e. The van der Waals surface area contributed by atoms with Crippen LogP contribution in [0.1, 0.15) is 0 Å². The minimum Gasteiger partial charge on any atom is -0.351 e. The molecular formula is C4H9N5O. The highest BCUT2D eigenvalue weighted by atomic mass is 16.2. The van der Waals surface area contributed by atoms with E-state index in [4.69, 9.17) is 0 Å². The summed E-state index contributed by atoms with van der Waals surface area (Å²) in [4.78, 5) is 9.35. The molecule has 6 heteroatoms. The van der Waals surface area contributed by atoms with Crippen LogP contribution in [0.3, 0.4) is 0 Å². The molecule has 0 radical (unpaired) electrons. The Kier molecular flexibility index (Phi) is 4.70. The molecule has 0 fully saturated rings. The van der Waals surface area contributed by atoms with Crippen LogP contribution < -0.4 is 17.0 Å². The van der Waals surface area contributed by atoms with Crippen LogP contribution >= 0.6 is 0 Å². The van der Waals surface area contributed by atoms with Crippen LogP contribution in [-0.4, -0.2) is 16.2 Å². The monoisotopic (exact) mass is 143 g/mol. The first-order valence-electron chi connectivity index (χ1n) is 2.47. The zero-order valence-corrected chi connectivity index (χ0v) is 5.24. The van der Waals surface area contributed by atoms with Crippen molar-refractivity contribution in [1.82, 2.24) is 15.6 Å². The molecule has 0 aromatic carbocycles. The molecule has 1 aromatic heterocycles. The number of primary amides is 1. The highest BCUT2D eigenvalue weighted by molar-refractivity contribution is 5.70. The Hall–Kier alpha value is -1.56. The molecule has 0 unspecified atom stereocenters. The third-order valence-electron chi connectivity index (χ3n) is 0.548. The second-order valence-electron chi connectivity index (χ2n) is 1.27. The van der Waals surface area contributed by atoms with Gasteiger partial charge in [0.05, 0.1) is 0 Å². The van der Waals surface area contributed by atoms with Gasteiger partial charge in [-0.3, -0.25) is 10.5 Å². The fourth-order valence-electron chi connectivity index (χ4n) is 0.215. The van der Waals surface area contributed by atoms with E-state index >= 15 is 0 Å². The summed E-state index contributed by atoms with van der Waals surface area (Å²) in [5, 5.41) is 6.21. The number of carbonyl (C=O) groups excluding carboxylic acids is 1. The number of carbonyl (C=O) groups is 1. The molecule has 6 N–H and O–H groups in total. The predicted molar refractivity (Wildman–Crippen MR) is 35.5 cm³/mol. The number of urea groups is 1. The van der Waals surface area contributed by atoms with Gasteiger partial charge in [0.2, 0.25) is 0 Å². The molecule has 0 saturated heterocycles. The van der Waals surface area contributed by atoms with Crippen molar-refractivity contribution in [2.24, 2.45) is 11.6 Å². The molecule has 6 nitrogen and oxygen atoms in total. The summed E-state index contributed by atoms with van der Waals surface area (Å²) in [7, 11) is 0. The highest BCUT2D eigenvalue weighted by Gasteiger charge is 1.73. The van der Waals surface area contributed by atoms with Crippen LogP contribution in [0.4, 0.5) is 4.79 Å². The third-order valence-corrected chi connectivity index (χ3v) is 0.548. The molecule has 56 valence electrons. The quantitative estimate of drug-likeness (QED) is 0.211. The number of nitrogens with two attached hydrogens (primary N) is 2. The first kappa shape index (κ1) is 8.44. The van der Waals surface area contributed by atoms with Gasteiger partial charge in [-0.2, -0.15) is 5.10 Å². The van der Waals surface area contributed by atoms with Crippen molar-refractivity contribution in [3.8, 4) is 0 Å². The maximum atomic E-state index is 9.35. The van der Waals surface area contributed by atoms with E-state index in [0.29, 0.717) is 0 Å². The number of hydrogen-bond donors (Lipinski definition) is 4. The summed E-state index contributed by atoms with van der Waals surface area (Å²) < 4.78 is 0. The van der Waals surface area contributed by atoms with Gasteiger partial charge < -0.3 is 5.73 Å². The van der Waals surface area contributed by atoms with Crippen molar-refractivity contribution in [2.45, 2.75) is 0 Å². The Morgan fingerprint density at radius 2 is 2.30 bits per heavy atom. The summed E-state index contributed by atoms with van der Waals surface area (Å²) in [6.45, 7) is 0. The molecule has 0 aliphatic rings. The zero-order valence-electron chi connectivity index (χ0n) is 5.24. The zero-order chi connectivity index (χ0) is 7.82. The summed E-state index contributed by atoms with van der Waals surface area (Å²) in [5.41, 5.74) is 6.08. The summed E-state index contributed by atoms with van der Waals surface area (Å²) in [6.07, 6.45) is 3.46. The average molecular weight is 143 g/mol. The van der Waals surface area contributed by atoms with Gasteiger partial charge in [-0.15, -0.1) is 0 Å². The number of hydrogen-bond acceptors (Lipinski definition) is 3. The van der Waals surface area contributed by atoms with Gasteiger partial charge in [0, 0.05) is 12.4 Å². The fraction of sp³-hybridized carbons (Fsp3) is 0. The predicted octanol–water partition coefficient (Wildman–Crippen LogP) is -1.06. The molecule has 1 aromatic rings. The van der Waals surface area contributed by atoms with Gasteiger partial charge in [0.15, 0.2) is 0 Å². The van der Waals surface area contributed by atoms with Crippen molar-refractivity contribution in [3.05, 3.63) is 18.5 Å². The second kappa shape index (κ2) is 5.57. The van der Waals surface area contributed by atoms with E-state index in [2.05, 4.69) is 21.8 Å². The number of nitrogens with zero attached hydrogens (tertiary/aromatic N) is 1. The van der Waals surface area contributed by atoms with E-state index < -0.39 is 6.03 Å². The molecule has 0 atom stereocenters. The standard InChI is InChI=1S/C3H4N2.CH5N3O/c1-2-4-5-3-1;2-1(5)4-3/h1-3H,(H,4,5);3H2,(H3,2,4,5). The summed E-state index contributed by atoms with van der Waals surface area (Å²) in [6, 6.07) is 1.12. The van der Waals surface area contributed by atoms with E-state index in [1.807, 2.05) is 6.07 Å². The second-order valence-corrected chi connectivity index (χ2v) is 1.27. The van der Waals surface area contributed by atoms with Crippen LogP contribution in [0.15, 0.2) is 18.5 Å². The van der Waals surface area contributed by atoms with Gasteiger partial charge in [-0.05, 0) is 6.07 Å². The van der Waals surface area contributed by atoms with Crippen LogP contribution in [0.5, 0.6) is 0 Å². The Morgan fingerprint density at radius 3 is 2.40 bits per heavy atom. The Morgan fingerprint density at radius 1 is 1.70 bits per heavy atom. The van der Waals surface area contributed by atoms with E-state index in [9.17, 15) is 4.79 Å². The average Bonchev–Trinajstić information content (AvgIpc) is 2.43. The lowest BCUT2D eigenvalue weighted by molar-refractivity contribution is 0.249. The van der Waals surface area contributed by atoms with Crippen LogP contribution in [0.25, 0.3) is 0 Å². The minimum atomic E-state index is -0.718. The van der Waals surface area contributed by atoms with Gasteiger partial charge >= 0.3 is 6.03 Å². The molecule has 0 aliphatic heterocycles. The lowest BCUT2D eigenvalue weighted by atomic mass is 10.8. The summed E-state index contributed by atoms with van der Waals surface area (Å²) in [5.74, 6) is 4.45. The van der Waals surface area contributed by atoms with Crippen LogP contribution in [0.2, 0.25) is 0 Å². The number of amides is 2. The molecule has 0 aliphatic carbocycles. The summed E-state index contributed by atoms with van der Waals surface area (Å²) >= 11 is 0. The number of rotatable bonds is 0. The van der Waals surface area contributed by atoms with E-state index in [-0.39, 0.29) is 0 Å². The van der Waals surface area contributed by atoms with Crippen molar-refractivity contribution in [1.29, 1.82) is 0 Å². The molecular weight excluding hydrogens is 134 g/mol. The van der Waals surface area contributed by atoms with Crippen LogP contribution in [0, 0.1) is 0 Å². The van der Waals surface area contributed by atoms with Crippen molar-refractivity contribution >= 4 is 6.03 Å². The van der Waals surface area contributed by atoms with Crippen molar-refractivity contribution in [3.63, 3.8) is 0 Å². The molecule has 1 rings (SSSR count). The topological polar surface area (TPSA) is 110 Å². The molecule has 2 amide bonds. The lowest BCUT2D eigenvalue weighted by Gasteiger charge is -1.81. The van der Waals surface area contributed by atoms with Gasteiger partial charge in [0.1, 0.15) is 0 Å². The maximum absolute atomic E-state index is 9.35. The Labute approximate surface area is 57.6 Å². The van der Waals surface area contributed by atoms with Gasteiger partial charge in [0.25, 0.3) is 0 Å². The Bertz CT molecular complexity index is 143. The Balaban J connectivity index is 0.000000162. The molecule has 0 saturated carbocycles. The van der Waals surface area contributed by atoms with Crippen LogP contribution in [-0.2, 0) is 0 Å². The highest BCUT2D eigenvalue weighted by Crippen LogP contribution is 1.64. The normalized spacial score (nSPS) is 7.30. The van der Waals surface area contributed by atoms with Gasteiger partial charge in [-0.1, -0.05) is 0 Å². The first-order valence-corrected chi connectivity index (χ1v) is 2.47. The van der Waals surface area contributed by atoms with E-state index in [0.717, 1.165) is 0 Å². The number of hydrazine groups is 1. The van der Waals surface area contributed by atoms with Crippen molar-refractivity contribution in [2.75, 3.05) is 0 Å².